The van der Waals surface area contributed by atoms with Crippen molar-refractivity contribution in [1.82, 2.24) is 10.3 Å². The zero-order valence-electron chi connectivity index (χ0n) is 9.62. The van der Waals surface area contributed by atoms with Crippen molar-refractivity contribution in [2.24, 2.45) is 0 Å². The summed E-state index contributed by atoms with van der Waals surface area (Å²) in [5.74, 6) is 0.719. The summed E-state index contributed by atoms with van der Waals surface area (Å²) < 4.78 is 10.6. The standard InChI is InChI=1S/C12H16N2O2/c1-9-3-4-10-11(7-9)16-12(14-10)8-13-5-6-15-2/h3-4,7,13H,5-6,8H2,1-2H3. The lowest BCUT2D eigenvalue weighted by Gasteiger charge is -1.99. The smallest absolute Gasteiger partial charge is 0.209 e. The van der Waals surface area contributed by atoms with Crippen molar-refractivity contribution < 1.29 is 9.15 Å². The van der Waals surface area contributed by atoms with E-state index >= 15 is 0 Å². The predicted molar refractivity (Wildman–Crippen MR) is 62.3 cm³/mol. The number of benzene rings is 1. The number of nitrogens with zero attached hydrogens (tertiary/aromatic N) is 1. The largest absolute Gasteiger partial charge is 0.439 e. The lowest BCUT2D eigenvalue weighted by atomic mass is 10.2. The summed E-state index contributed by atoms with van der Waals surface area (Å²) in [6.45, 7) is 4.17. The molecular weight excluding hydrogens is 204 g/mol. The molecule has 1 aromatic heterocycles. The number of hydrogen-bond donors (Lipinski definition) is 1. The zero-order chi connectivity index (χ0) is 11.4. The van der Waals surface area contributed by atoms with Gasteiger partial charge in [0.2, 0.25) is 5.89 Å². The van der Waals surface area contributed by atoms with Gasteiger partial charge in [-0.15, -0.1) is 0 Å². The van der Waals surface area contributed by atoms with Crippen LogP contribution in [0.4, 0.5) is 0 Å². The van der Waals surface area contributed by atoms with Crippen LogP contribution in [0.1, 0.15) is 11.5 Å². The first-order valence-corrected chi connectivity index (χ1v) is 5.35. The van der Waals surface area contributed by atoms with Crippen LogP contribution in [0.2, 0.25) is 0 Å². The molecule has 0 aliphatic rings. The Hall–Kier alpha value is -1.39. The van der Waals surface area contributed by atoms with Crippen LogP contribution < -0.4 is 5.32 Å². The highest BCUT2D eigenvalue weighted by molar-refractivity contribution is 5.73. The molecule has 4 nitrogen and oxygen atoms in total. The fraction of sp³-hybridized carbons (Fsp3) is 0.417. The number of hydrogen-bond acceptors (Lipinski definition) is 4. The molecular formula is C12H16N2O2. The van der Waals surface area contributed by atoms with Crippen molar-refractivity contribution in [1.29, 1.82) is 0 Å². The maximum absolute atomic E-state index is 5.61. The number of nitrogens with one attached hydrogen (secondary N) is 1. The zero-order valence-corrected chi connectivity index (χ0v) is 9.62. The highest BCUT2D eigenvalue weighted by Crippen LogP contribution is 2.16. The molecule has 0 radical (unpaired) electrons. The van der Waals surface area contributed by atoms with Crippen molar-refractivity contribution in [3.8, 4) is 0 Å². The van der Waals surface area contributed by atoms with E-state index in [0.717, 1.165) is 23.5 Å². The number of fused-ring (bicyclic) bond motifs is 1. The van der Waals surface area contributed by atoms with E-state index < -0.39 is 0 Å². The number of methoxy groups -OCH3 is 1. The van der Waals surface area contributed by atoms with Gasteiger partial charge in [-0.2, -0.15) is 0 Å². The number of ether oxygens (including phenoxy) is 1. The Labute approximate surface area is 94.6 Å². The highest BCUT2D eigenvalue weighted by Gasteiger charge is 2.04. The lowest BCUT2D eigenvalue weighted by Crippen LogP contribution is -2.18. The molecule has 0 spiro atoms. The topological polar surface area (TPSA) is 47.3 Å². The molecule has 0 saturated heterocycles. The van der Waals surface area contributed by atoms with E-state index in [9.17, 15) is 0 Å². The average Bonchev–Trinajstić information content (AvgIpc) is 2.66. The molecule has 0 bridgehead atoms. The fourth-order valence-corrected chi connectivity index (χ4v) is 1.52. The minimum Gasteiger partial charge on any atom is -0.439 e. The maximum atomic E-state index is 5.61. The molecule has 0 unspecified atom stereocenters. The van der Waals surface area contributed by atoms with Crippen molar-refractivity contribution in [3.63, 3.8) is 0 Å². The van der Waals surface area contributed by atoms with Crippen LogP contribution in [-0.2, 0) is 11.3 Å². The Kier molecular flexibility index (Phi) is 3.54. The van der Waals surface area contributed by atoms with Gasteiger partial charge in [-0.05, 0) is 24.6 Å². The summed E-state index contributed by atoms with van der Waals surface area (Å²) in [6.07, 6.45) is 0. The molecule has 0 fully saturated rings. The van der Waals surface area contributed by atoms with Gasteiger partial charge in [-0.3, -0.25) is 0 Å². The van der Waals surface area contributed by atoms with Gasteiger partial charge < -0.3 is 14.5 Å². The van der Waals surface area contributed by atoms with E-state index in [1.165, 1.54) is 5.56 Å². The SMILES string of the molecule is COCCNCc1nc2ccc(C)cc2o1. The van der Waals surface area contributed by atoms with Crippen LogP contribution >= 0.6 is 0 Å². The summed E-state index contributed by atoms with van der Waals surface area (Å²) in [7, 11) is 1.68. The summed E-state index contributed by atoms with van der Waals surface area (Å²) in [4.78, 5) is 4.38. The third-order valence-corrected chi connectivity index (χ3v) is 2.35. The molecule has 2 rings (SSSR count). The quantitative estimate of drug-likeness (QED) is 0.781. The monoisotopic (exact) mass is 220 g/mol. The molecule has 16 heavy (non-hydrogen) atoms. The van der Waals surface area contributed by atoms with Gasteiger partial charge in [0.1, 0.15) is 5.52 Å². The Morgan fingerprint density at radius 1 is 1.44 bits per heavy atom. The molecule has 0 aliphatic carbocycles. The summed E-state index contributed by atoms with van der Waals surface area (Å²) in [6, 6.07) is 6.01. The van der Waals surface area contributed by atoms with Gasteiger partial charge in [0.05, 0.1) is 13.2 Å². The van der Waals surface area contributed by atoms with Crippen molar-refractivity contribution in [3.05, 3.63) is 29.7 Å². The first kappa shape index (κ1) is 11.1. The van der Waals surface area contributed by atoms with E-state index in [0.29, 0.717) is 13.2 Å². The Morgan fingerprint density at radius 2 is 2.31 bits per heavy atom. The molecule has 0 atom stereocenters. The van der Waals surface area contributed by atoms with Crippen LogP contribution in [0.25, 0.3) is 11.1 Å². The van der Waals surface area contributed by atoms with Crippen LogP contribution in [0.3, 0.4) is 0 Å². The average molecular weight is 220 g/mol. The first-order valence-electron chi connectivity index (χ1n) is 5.35. The highest BCUT2D eigenvalue weighted by atomic mass is 16.5. The van der Waals surface area contributed by atoms with E-state index in [4.69, 9.17) is 9.15 Å². The third kappa shape index (κ3) is 2.59. The summed E-state index contributed by atoms with van der Waals surface area (Å²) >= 11 is 0. The number of rotatable bonds is 5. The number of aryl methyl sites for hydroxylation is 1. The van der Waals surface area contributed by atoms with Crippen LogP contribution in [0.15, 0.2) is 22.6 Å². The minimum atomic E-state index is 0.636. The second-order valence-electron chi connectivity index (χ2n) is 3.75. The van der Waals surface area contributed by atoms with E-state index in [-0.39, 0.29) is 0 Å². The van der Waals surface area contributed by atoms with Gasteiger partial charge in [0.15, 0.2) is 5.58 Å². The van der Waals surface area contributed by atoms with Gasteiger partial charge in [0.25, 0.3) is 0 Å². The van der Waals surface area contributed by atoms with Crippen molar-refractivity contribution in [2.75, 3.05) is 20.3 Å². The molecule has 86 valence electrons. The van der Waals surface area contributed by atoms with Crippen LogP contribution in [0, 0.1) is 6.92 Å². The second kappa shape index (κ2) is 5.09. The molecule has 1 aromatic carbocycles. The van der Waals surface area contributed by atoms with Crippen molar-refractivity contribution >= 4 is 11.1 Å². The van der Waals surface area contributed by atoms with Gasteiger partial charge >= 0.3 is 0 Å². The maximum Gasteiger partial charge on any atom is 0.209 e. The minimum absolute atomic E-state index is 0.636. The predicted octanol–water partition coefficient (Wildman–Crippen LogP) is 1.87. The number of aromatic nitrogens is 1. The normalized spacial score (nSPS) is 11.1. The lowest BCUT2D eigenvalue weighted by molar-refractivity contribution is 0.198. The van der Waals surface area contributed by atoms with Gasteiger partial charge in [0, 0.05) is 13.7 Å². The Morgan fingerprint density at radius 3 is 3.12 bits per heavy atom. The molecule has 0 aliphatic heterocycles. The molecule has 0 amide bonds. The number of oxazole rings is 1. The van der Waals surface area contributed by atoms with E-state index in [1.54, 1.807) is 7.11 Å². The second-order valence-corrected chi connectivity index (χ2v) is 3.75. The fourth-order valence-electron chi connectivity index (χ4n) is 1.52. The van der Waals surface area contributed by atoms with Gasteiger partial charge in [-0.25, -0.2) is 4.98 Å². The summed E-state index contributed by atoms with van der Waals surface area (Å²) in [5.41, 5.74) is 2.94. The third-order valence-electron chi connectivity index (χ3n) is 2.35. The molecule has 1 N–H and O–H groups in total. The summed E-state index contributed by atoms with van der Waals surface area (Å²) in [5, 5.41) is 3.20. The van der Waals surface area contributed by atoms with E-state index in [2.05, 4.69) is 10.3 Å². The van der Waals surface area contributed by atoms with E-state index in [1.807, 2.05) is 25.1 Å². The Balaban J connectivity index is 2.02. The molecule has 4 heteroatoms. The molecule has 1 heterocycles. The van der Waals surface area contributed by atoms with Gasteiger partial charge in [-0.1, -0.05) is 6.07 Å². The first-order chi connectivity index (χ1) is 7.79. The van der Waals surface area contributed by atoms with Crippen molar-refractivity contribution in [2.45, 2.75) is 13.5 Å². The molecule has 2 aromatic rings. The molecule has 0 saturated carbocycles. The van der Waals surface area contributed by atoms with Crippen LogP contribution in [0.5, 0.6) is 0 Å². The Bertz CT molecular complexity index is 465. The van der Waals surface area contributed by atoms with Crippen LogP contribution in [-0.4, -0.2) is 25.2 Å².